The van der Waals surface area contributed by atoms with Crippen LogP contribution >= 0.6 is 0 Å². The Morgan fingerprint density at radius 3 is 2.65 bits per heavy atom. The zero-order valence-electron chi connectivity index (χ0n) is 11.1. The Bertz CT molecular complexity index is 514. The van der Waals surface area contributed by atoms with Gasteiger partial charge in [-0.2, -0.15) is 0 Å². The van der Waals surface area contributed by atoms with Crippen LogP contribution in [0.1, 0.15) is 24.8 Å². The maximum Gasteiger partial charge on any atom is 0.410 e. The molecule has 1 amide bonds. The Balaban J connectivity index is 1.59. The van der Waals surface area contributed by atoms with E-state index in [-0.39, 0.29) is 24.8 Å². The molecule has 3 aliphatic rings. The van der Waals surface area contributed by atoms with Crippen molar-refractivity contribution in [2.24, 2.45) is 5.92 Å². The number of carbonyl (C=O) groups is 2. The van der Waals surface area contributed by atoms with Gasteiger partial charge < -0.3 is 14.7 Å². The lowest BCUT2D eigenvalue weighted by atomic mass is 9.73. The molecule has 5 heteroatoms. The molecular weight excluding hydrogens is 258 g/mol. The SMILES string of the molecule is O=C(O)[C@@H]1CC[C@@H]2C[C@H]1N2C(=O)OCc1ccccc1. The topological polar surface area (TPSA) is 66.8 Å². The predicted octanol–water partition coefficient (Wildman–Crippen LogP) is 2.26. The minimum atomic E-state index is -0.811. The molecular formula is C15H17NO4. The molecule has 2 saturated heterocycles. The second kappa shape index (κ2) is 5.15. The highest BCUT2D eigenvalue weighted by atomic mass is 16.6. The Morgan fingerprint density at radius 1 is 1.25 bits per heavy atom. The molecule has 1 N–H and O–H groups in total. The summed E-state index contributed by atoms with van der Waals surface area (Å²) in [5.74, 6) is -1.25. The van der Waals surface area contributed by atoms with Gasteiger partial charge >= 0.3 is 12.1 Å². The van der Waals surface area contributed by atoms with Crippen molar-refractivity contribution in [3.63, 3.8) is 0 Å². The van der Waals surface area contributed by atoms with Gasteiger partial charge in [0, 0.05) is 6.04 Å². The molecule has 20 heavy (non-hydrogen) atoms. The largest absolute Gasteiger partial charge is 0.481 e. The zero-order chi connectivity index (χ0) is 14.1. The van der Waals surface area contributed by atoms with Crippen LogP contribution in [0.3, 0.4) is 0 Å². The minimum absolute atomic E-state index is 0.166. The predicted molar refractivity (Wildman–Crippen MR) is 71.0 cm³/mol. The number of rotatable bonds is 3. The van der Waals surface area contributed by atoms with Crippen LogP contribution in [0.25, 0.3) is 0 Å². The molecule has 0 aromatic heterocycles. The third kappa shape index (κ3) is 2.24. The highest BCUT2D eigenvalue weighted by Gasteiger charge is 2.52. The smallest absolute Gasteiger partial charge is 0.410 e. The van der Waals surface area contributed by atoms with E-state index in [4.69, 9.17) is 9.84 Å². The maximum atomic E-state index is 12.1. The number of aliphatic carboxylic acids is 1. The Morgan fingerprint density at radius 2 is 2.00 bits per heavy atom. The summed E-state index contributed by atoms with van der Waals surface area (Å²) in [6.07, 6.45) is 1.82. The number of hydrogen-bond acceptors (Lipinski definition) is 3. The highest BCUT2D eigenvalue weighted by Crippen LogP contribution is 2.42. The lowest BCUT2D eigenvalue weighted by Gasteiger charge is -2.54. The van der Waals surface area contributed by atoms with Gasteiger partial charge in [-0.15, -0.1) is 0 Å². The summed E-state index contributed by atoms with van der Waals surface area (Å²) >= 11 is 0. The zero-order valence-corrected chi connectivity index (χ0v) is 11.1. The van der Waals surface area contributed by atoms with Crippen molar-refractivity contribution in [2.45, 2.75) is 38.0 Å². The Kier molecular flexibility index (Phi) is 3.34. The third-order valence-corrected chi connectivity index (χ3v) is 4.27. The van der Waals surface area contributed by atoms with E-state index >= 15 is 0 Å². The fourth-order valence-corrected chi connectivity index (χ4v) is 3.18. The average molecular weight is 275 g/mol. The van der Waals surface area contributed by atoms with Gasteiger partial charge in [0.1, 0.15) is 6.61 Å². The van der Waals surface area contributed by atoms with E-state index in [9.17, 15) is 9.59 Å². The molecule has 4 rings (SSSR count). The van der Waals surface area contributed by atoms with Crippen molar-refractivity contribution in [1.82, 2.24) is 4.90 Å². The lowest BCUT2D eigenvalue weighted by Crippen LogP contribution is -2.65. The molecule has 3 atom stereocenters. The summed E-state index contributed by atoms with van der Waals surface area (Å²) in [5, 5.41) is 9.16. The molecule has 1 aliphatic carbocycles. The van der Waals surface area contributed by atoms with Crippen molar-refractivity contribution >= 4 is 12.1 Å². The van der Waals surface area contributed by atoms with Gasteiger partial charge in [-0.1, -0.05) is 30.3 Å². The monoisotopic (exact) mass is 275 g/mol. The molecule has 0 radical (unpaired) electrons. The molecule has 2 aliphatic heterocycles. The molecule has 106 valence electrons. The van der Waals surface area contributed by atoms with Gasteiger partial charge in [-0.3, -0.25) is 4.79 Å². The number of benzene rings is 1. The molecule has 1 aromatic carbocycles. The molecule has 2 bridgehead atoms. The number of carbonyl (C=O) groups excluding carboxylic acids is 1. The average Bonchev–Trinajstić information content (AvgIpc) is 2.46. The van der Waals surface area contributed by atoms with E-state index in [0.717, 1.165) is 18.4 Å². The maximum absolute atomic E-state index is 12.1. The Hall–Kier alpha value is -2.04. The molecule has 3 fully saturated rings. The standard InChI is InChI=1S/C15H17NO4/c17-14(18)12-7-6-11-8-13(12)16(11)15(19)20-9-10-4-2-1-3-5-10/h1-5,11-13H,6-9H2,(H,17,18)/t11-,12-,13-/m1/s1. The highest BCUT2D eigenvalue weighted by molar-refractivity contribution is 5.75. The van der Waals surface area contributed by atoms with Crippen molar-refractivity contribution in [3.8, 4) is 0 Å². The number of ether oxygens (including phenoxy) is 1. The first-order valence-corrected chi connectivity index (χ1v) is 6.88. The van der Waals surface area contributed by atoms with Gasteiger partial charge in [0.2, 0.25) is 0 Å². The summed E-state index contributed by atoms with van der Waals surface area (Å²) in [6.45, 7) is 0.230. The van der Waals surface area contributed by atoms with Crippen LogP contribution in [0.4, 0.5) is 4.79 Å². The quantitative estimate of drug-likeness (QED) is 0.918. The lowest BCUT2D eigenvalue weighted by molar-refractivity contribution is -0.152. The molecule has 5 nitrogen and oxygen atoms in total. The van der Waals surface area contributed by atoms with Crippen molar-refractivity contribution in [1.29, 1.82) is 0 Å². The van der Waals surface area contributed by atoms with E-state index in [1.807, 2.05) is 30.3 Å². The number of fused-ring (bicyclic) bond motifs is 2. The number of nitrogens with zero attached hydrogens (tertiary/aromatic N) is 1. The van der Waals surface area contributed by atoms with Gasteiger partial charge in [0.15, 0.2) is 0 Å². The van der Waals surface area contributed by atoms with E-state index in [0.29, 0.717) is 6.42 Å². The first-order valence-electron chi connectivity index (χ1n) is 6.88. The number of carboxylic acids is 1. The van der Waals surface area contributed by atoms with E-state index in [1.54, 1.807) is 4.90 Å². The van der Waals surface area contributed by atoms with Crippen LogP contribution in [0.5, 0.6) is 0 Å². The van der Waals surface area contributed by atoms with Gasteiger partial charge in [0.25, 0.3) is 0 Å². The van der Waals surface area contributed by atoms with Gasteiger partial charge in [-0.05, 0) is 24.8 Å². The van der Waals surface area contributed by atoms with Crippen LogP contribution in [0.2, 0.25) is 0 Å². The van der Waals surface area contributed by atoms with Crippen LogP contribution in [-0.2, 0) is 16.1 Å². The summed E-state index contributed by atoms with van der Waals surface area (Å²) in [7, 11) is 0. The van der Waals surface area contributed by atoms with Crippen LogP contribution in [0.15, 0.2) is 30.3 Å². The van der Waals surface area contributed by atoms with Gasteiger partial charge in [0.05, 0.1) is 12.0 Å². The van der Waals surface area contributed by atoms with Crippen LogP contribution < -0.4 is 0 Å². The number of hydrogen-bond donors (Lipinski definition) is 1. The number of amides is 1. The summed E-state index contributed by atoms with van der Waals surface area (Å²) in [6, 6.07) is 9.45. The summed E-state index contributed by atoms with van der Waals surface area (Å²) in [4.78, 5) is 24.9. The van der Waals surface area contributed by atoms with Gasteiger partial charge in [-0.25, -0.2) is 4.79 Å². The second-order valence-electron chi connectivity index (χ2n) is 5.43. The number of piperidine rings is 1. The molecule has 0 unspecified atom stereocenters. The fourth-order valence-electron chi connectivity index (χ4n) is 3.18. The van der Waals surface area contributed by atoms with Crippen molar-refractivity contribution < 1.29 is 19.4 Å². The molecule has 2 heterocycles. The summed E-state index contributed by atoms with van der Waals surface area (Å²) < 4.78 is 5.29. The van der Waals surface area contributed by atoms with Crippen molar-refractivity contribution in [2.75, 3.05) is 0 Å². The van der Waals surface area contributed by atoms with Crippen LogP contribution in [-0.4, -0.2) is 34.2 Å². The third-order valence-electron chi connectivity index (χ3n) is 4.27. The van der Waals surface area contributed by atoms with E-state index in [1.165, 1.54) is 0 Å². The normalized spacial score (nSPS) is 27.6. The van der Waals surface area contributed by atoms with Crippen LogP contribution in [0, 0.1) is 5.92 Å². The summed E-state index contributed by atoms with van der Waals surface area (Å²) in [5.41, 5.74) is 0.932. The molecule has 1 saturated carbocycles. The van der Waals surface area contributed by atoms with E-state index in [2.05, 4.69) is 0 Å². The van der Waals surface area contributed by atoms with E-state index < -0.39 is 11.9 Å². The Labute approximate surface area is 117 Å². The number of carboxylic acid groups (broad SMARTS) is 1. The first-order chi connectivity index (χ1) is 9.66. The second-order valence-corrected chi connectivity index (χ2v) is 5.43. The fraction of sp³-hybridized carbons (Fsp3) is 0.467. The molecule has 0 spiro atoms. The minimum Gasteiger partial charge on any atom is -0.481 e. The first kappa shape index (κ1) is 13.0. The molecule has 1 aromatic rings. The van der Waals surface area contributed by atoms with Crippen molar-refractivity contribution in [3.05, 3.63) is 35.9 Å².